The summed E-state index contributed by atoms with van der Waals surface area (Å²) in [4.78, 5) is -0.851. The lowest BCUT2D eigenvalue weighted by molar-refractivity contribution is -0.139. The lowest BCUT2D eigenvalue weighted by Gasteiger charge is -2.14. The summed E-state index contributed by atoms with van der Waals surface area (Å²) in [7, 11) is -4.46. The number of hydrogen-bond acceptors (Lipinski definition) is 4. The van der Waals surface area contributed by atoms with Crippen molar-refractivity contribution in [1.82, 2.24) is 14.6 Å². The van der Waals surface area contributed by atoms with Gasteiger partial charge in [0.2, 0.25) is 0 Å². The third-order valence-electron chi connectivity index (χ3n) is 3.33. The van der Waals surface area contributed by atoms with Crippen LogP contribution in [0.3, 0.4) is 0 Å². The Kier molecular flexibility index (Phi) is 3.71. The highest BCUT2D eigenvalue weighted by molar-refractivity contribution is 7.92. The molecule has 0 radical (unpaired) electrons. The van der Waals surface area contributed by atoms with Gasteiger partial charge in [0.05, 0.1) is 16.1 Å². The zero-order valence-electron chi connectivity index (χ0n) is 12.2. The third kappa shape index (κ3) is 2.80. The van der Waals surface area contributed by atoms with Crippen LogP contribution < -0.4 is 4.72 Å². The molecule has 0 aliphatic heterocycles. The first-order chi connectivity index (χ1) is 11.2. The van der Waals surface area contributed by atoms with Gasteiger partial charge < -0.3 is 0 Å². The fourth-order valence-electron chi connectivity index (χ4n) is 2.25. The summed E-state index contributed by atoms with van der Waals surface area (Å²) in [5, 5.41) is 7.65. The molecule has 1 N–H and O–H groups in total. The molecule has 1 aromatic carbocycles. The Bertz CT molecular complexity index is 1010. The number of hydrogen-bond donors (Lipinski definition) is 1. The van der Waals surface area contributed by atoms with Crippen LogP contribution in [0.25, 0.3) is 5.65 Å². The van der Waals surface area contributed by atoms with Gasteiger partial charge in [-0.25, -0.2) is 8.42 Å². The molecule has 0 saturated carbocycles. The van der Waals surface area contributed by atoms with Gasteiger partial charge in [0.25, 0.3) is 10.0 Å². The molecule has 0 aliphatic rings. The Hall–Kier alpha value is -2.62. The van der Waals surface area contributed by atoms with Gasteiger partial charge in [0.1, 0.15) is 5.82 Å². The van der Waals surface area contributed by atoms with Gasteiger partial charge in [0.15, 0.2) is 5.65 Å². The van der Waals surface area contributed by atoms with Gasteiger partial charge in [0, 0.05) is 6.20 Å². The van der Waals surface area contributed by atoms with E-state index in [0.717, 1.165) is 18.2 Å². The molecule has 126 valence electrons. The van der Waals surface area contributed by atoms with Gasteiger partial charge in [-0.2, -0.15) is 13.2 Å². The largest absolute Gasteiger partial charge is 0.417 e. The molecule has 10 heteroatoms. The van der Waals surface area contributed by atoms with Crippen molar-refractivity contribution < 1.29 is 21.6 Å². The normalized spacial score (nSPS) is 12.5. The topological polar surface area (TPSA) is 76.4 Å². The first-order valence-corrected chi connectivity index (χ1v) is 8.18. The quantitative estimate of drug-likeness (QED) is 0.783. The highest BCUT2D eigenvalue weighted by Crippen LogP contribution is 2.34. The predicted octanol–water partition coefficient (Wildman–Crippen LogP) is 2.86. The Morgan fingerprint density at radius 1 is 1.08 bits per heavy atom. The Labute approximate surface area is 135 Å². The van der Waals surface area contributed by atoms with Gasteiger partial charge >= 0.3 is 6.18 Å². The minimum absolute atomic E-state index is 0.0371. The molecule has 2 heterocycles. The summed E-state index contributed by atoms with van der Waals surface area (Å²) in [6, 6.07) is 6.92. The number of halogens is 3. The number of fused-ring (bicyclic) bond motifs is 1. The van der Waals surface area contributed by atoms with E-state index in [1.807, 2.05) is 0 Å². The zero-order valence-corrected chi connectivity index (χ0v) is 13.1. The zero-order chi connectivity index (χ0) is 17.5. The van der Waals surface area contributed by atoms with Crippen molar-refractivity contribution in [3.63, 3.8) is 0 Å². The SMILES string of the molecule is Cc1nnc2c(NS(=O)(=O)c3ccccc3C(F)(F)F)cccn12. The molecule has 0 spiro atoms. The lowest BCUT2D eigenvalue weighted by Crippen LogP contribution is -2.19. The fraction of sp³-hybridized carbons (Fsp3) is 0.143. The van der Waals surface area contributed by atoms with Crippen LogP contribution in [0.1, 0.15) is 11.4 Å². The Balaban J connectivity index is 2.10. The van der Waals surface area contributed by atoms with Crippen LogP contribution in [0.2, 0.25) is 0 Å². The van der Waals surface area contributed by atoms with Crippen molar-refractivity contribution in [3.05, 3.63) is 54.0 Å². The van der Waals surface area contributed by atoms with Crippen molar-refractivity contribution in [2.24, 2.45) is 0 Å². The van der Waals surface area contributed by atoms with Gasteiger partial charge in [-0.05, 0) is 31.2 Å². The summed E-state index contributed by atoms with van der Waals surface area (Å²) in [5.74, 6) is 0.515. The number of nitrogens with zero attached hydrogens (tertiary/aromatic N) is 3. The number of aryl methyl sites for hydroxylation is 1. The summed E-state index contributed by atoms with van der Waals surface area (Å²) in [6.45, 7) is 1.66. The highest BCUT2D eigenvalue weighted by atomic mass is 32.2. The van der Waals surface area contributed by atoms with E-state index in [0.29, 0.717) is 5.82 Å². The third-order valence-corrected chi connectivity index (χ3v) is 4.76. The monoisotopic (exact) mass is 356 g/mol. The number of rotatable bonds is 3. The smallest absolute Gasteiger partial charge is 0.285 e. The minimum Gasteiger partial charge on any atom is -0.285 e. The number of anilines is 1. The molecular formula is C14H11F3N4O2S. The van der Waals surface area contributed by atoms with Crippen LogP contribution in [0.5, 0.6) is 0 Å². The molecular weight excluding hydrogens is 345 g/mol. The van der Waals surface area contributed by atoms with Crippen LogP contribution in [0.15, 0.2) is 47.5 Å². The van der Waals surface area contributed by atoms with Gasteiger partial charge in [-0.15, -0.1) is 10.2 Å². The van der Waals surface area contributed by atoms with E-state index >= 15 is 0 Å². The number of alkyl halides is 3. The maximum atomic E-state index is 13.1. The molecule has 0 saturated heterocycles. The van der Waals surface area contributed by atoms with Crippen molar-refractivity contribution in [3.8, 4) is 0 Å². The Morgan fingerprint density at radius 2 is 1.79 bits per heavy atom. The average molecular weight is 356 g/mol. The van der Waals surface area contributed by atoms with Gasteiger partial charge in [-0.3, -0.25) is 9.12 Å². The second-order valence-corrected chi connectivity index (χ2v) is 6.61. The average Bonchev–Trinajstić information content (AvgIpc) is 2.89. The molecule has 2 aromatic heterocycles. The highest BCUT2D eigenvalue weighted by Gasteiger charge is 2.37. The number of benzene rings is 1. The van der Waals surface area contributed by atoms with Crippen molar-refractivity contribution in [2.45, 2.75) is 18.0 Å². The van der Waals surface area contributed by atoms with Crippen molar-refractivity contribution >= 4 is 21.4 Å². The molecule has 3 aromatic rings. The number of pyridine rings is 1. The second-order valence-electron chi connectivity index (χ2n) is 4.96. The standard InChI is InChI=1S/C14H11F3N4O2S/c1-9-18-19-13-11(6-4-8-21(9)13)20-24(22,23)12-7-3-2-5-10(12)14(15,16)17/h2-8,20H,1H3. The number of nitrogens with one attached hydrogen (secondary N) is 1. The summed E-state index contributed by atoms with van der Waals surface area (Å²) >= 11 is 0. The number of aromatic nitrogens is 3. The summed E-state index contributed by atoms with van der Waals surface area (Å²) in [5.41, 5.74) is -1.000. The molecule has 24 heavy (non-hydrogen) atoms. The molecule has 0 bridgehead atoms. The molecule has 6 nitrogen and oxygen atoms in total. The molecule has 3 rings (SSSR count). The van der Waals surface area contributed by atoms with E-state index in [2.05, 4.69) is 14.9 Å². The van der Waals surface area contributed by atoms with E-state index in [-0.39, 0.29) is 11.3 Å². The fourth-order valence-corrected chi connectivity index (χ4v) is 3.54. The molecule has 0 amide bonds. The summed E-state index contributed by atoms with van der Waals surface area (Å²) in [6.07, 6.45) is -3.17. The van der Waals surface area contributed by atoms with Crippen LogP contribution >= 0.6 is 0 Å². The van der Waals surface area contributed by atoms with E-state index < -0.39 is 26.7 Å². The first-order valence-electron chi connectivity index (χ1n) is 6.69. The minimum atomic E-state index is -4.79. The van der Waals surface area contributed by atoms with Gasteiger partial charge in [-0.1, -0.05) is 12.1 Å². The van der Waals surface area contributed by atoms with E-state index in [1.165, 1.54) is 22.6 Å². The summed E-state index contributed by atoms with van der Waals surface area (Å²) < 4.78 is 67.7. The van der Waals surface area contributed by atoms with Crippen molar-refractivity contribution in [2.75, 3.05) is 4.72 Å². The number of sulfonamides is 1. The maximum Gasteiger partial charge on any atom is 0.417 e. The molecule has 0 unspecified atom stereocenters. The lowest BCUT2D eigenvalue weighted by atomic mass is 10.2. The second kappa shape index (κ2) is 5.48. The van der Waals surface area contributed by atoms with Crippen molar-refractivity contribution in [1.29, 1.82) is 0 Å². The first kappa shape index (κ1) is 16.2. The Morgan fingerprint density at radius 3 is 2.50 bits per heavy atom. The maximum absolute atomic E-state index is 13.1. The van der Waals surface area contributed by atoms with Crippen LogP contribution in [-0.2, 0) is 16.2 Å². The van der Waals surface area contributed by atoms with E-state index in [4.69, 9.17) is 0 Å². The molecule has 0 fully saturated rings. The predicted molar refractivity (Wildman–Crippen MR) is 80.0 cm³/mol. The van der Waals surface area contributed by atoms with Crippen LogP contribution in [-0.4, -0.2) is 23.0 Å². The van der Waals surface area contributed by atoms with Crippen LogP contribution in [0, 0.1) is 6.92 Å². The molecule has 0 aliphatic carbocycles. The van der Waals surface area contributed by atoms with Crippen LogP contribution in [0.4, 0.5) is 18.9 Å². The van der Waals surface area contributed by atoms with E-state index in [9.17, 15) is 21.6 Å². The van der Waals surface area contributed by atoms with E-state index in [1.54, 1.807) is 13.1 Å². The molecule has 0 atom stereocenters.